The lowest BCUT2D eigenvalue weighted by molar-refractivity contribution is -0.130. The van der Waals surface area contributed by atoms with Gasteiger partial charge in [0.15, 0.2) is 0 Å². The molecule has 5 nitrogen and oxygen atoms in total. The molecule has 0 aromatic carbocycles. The number of amides is 1. The van der Waals surface area contributed by atoms with Crippen molar-refractivity contribution >= 4 is 15.7 Å². The number of sulfone groups is 1. The lowest BCUT2D eigenvalue weighted by Crippen LogP contribution is -2.35. The summed E-state index contributed by atoms with van der Waals surface area (Å²) in [5.74, 6) is 0.0518. The molecule has 0 spiro atoms. The van der Waals surface area contributed by atoms with Crippen molar-refractivity contribution in [1.82, 2.24) is 10.2 Å². The average Bonchev–Trinajstić information content (AvgIpc) is 2.65. The summed E-state index contributed by atoms with van der Waals surface area (Å²) in [6, 6.07) is 0.271. The van der Waals surface area contributed by atoms with Crippen LogP contribution in [0.25, 0.3) is 0 Å². The van der Waals surface area contributed by atoms with Crippen molar-refractivity contribution in [3.8, 4) is 0 Å². The molecule has 6 heteroatoms. The van der Waals surface area contributed by atoms with Gasteiger partial charge < -0.3 is 10.2 Å². The number of carbonyl (C=O) groups excluding carboxylic acids is 1. The Bertz CT molecular complexity index is 334. The van der Waals surface area contributed by atoms with Crippen LogP contribution >= 0.6 is 0 Å². The third-order valence-electron chi connectivity index (χ3n) is 2.81. The van der Waals surface area contributed by atoms with E-state index in [-0.39, 0.29) is 24.2 Å². The van der Waals surface area contributed by atoms with Gasteiger partial charge in [0.25, 0.3) is 0 Å². The van der Waals surface area contributed by atoms with E-state index < -0.39 is 9.84 Å². The van der Waals surface area contributed by atoms with Crippen molar-refractivity contribution in [3.63, 3.8) is 0 Å². The zero-order chi connectivity index (χ0) is 12.2. The summed E-state index contributed by atoms with van der Waals surface area (Å²) in [7, 11) is -1.33. The molecule has 1 unspecified atom stereocenters. The molecule has 0 bridgehead atoms. The van der Waals surface area contributed by atoms with Gasteiger partial charge in [-0.2, -0.15) is 0 Å². The summed E-state index contributed by atoms with van der Waals surface area (Å²) in [6.07, 6.45) is 3.81. The smallest absolute Gasteiger partial charge is 0.223 e. The first-order chi connectivity index (χ1) is 7.38. The van der Waals surface area contributed by atoms with E-state index in [1.807, 2.05) is 0 Å². The Morgan fingerprint density at radius 2 is 2.19 bits per heavy atom. The number of nitrogens with one attached hydrogen (secondary N) is 1. The zero-order valence-electron chi connectivity index (χ0n) is 9.90. The number of carbonyl (C=O) groups is 1. The second-order valence-corrected chi connectivity index (χ2v) is 6.70. The summed E-state index contributed by atoms with van der Waals surface area (Å²) in [6.45, 7) is 1.26. The van der Waals surface area contributed by atoms with Crippen LogP contribution in [0.5, 0.6) is 0 Å². The minimum atomic E-state index is -2.99. The lowest BCUT2D eigenvalue weighted by Gasteiger charge is -2.18. The van der Waals surface area contributed by atoms with Crippen LogP contribution < -0.4 is 5.32 Å². The van der Waals surface area contributed by atoms with E-state index in [4.69, 9.17) is 0 Å². The van der Waals surface area contributed by atoms with Gasteiger partial charge in [0.05, 0.1) is 5.75 Å². The predicted octanol–water partition coefficient (Wildman–Crippen LogP) is -0.368. The van der Waals surface area contributed by atoms with E-state index >= 15 is 0 Å². The minimum absolute atomic E-state index is 0.0167. The fourth-order valence-corrected chi connectivity index (χ4v) is 2.33. The first-order valence-corrected chi connectivity index (χ1v) is 7.59. The van der Waals surface area contributed by atoms with Gasteiger partial charge in [-0.3, -0.25) is 4.79 Å². The summed E-state index contributed by atoms with van der Waals surface area (Å²) < 4.78 is 21.9. The Kier molecular flexibility index (Phi) is 4.73. The molecule has 1 fully saturated rings. The van der Waals surface area contributed by atoms with Crippen molar-refractivity contribution in [2.24, 2.45) is 0 Å². The molecule has 0 aliphatic carbocycles. The van der Waals surface area contributed by atoms with E-state index in [0.29, 0.717) is 6.42 Å². The molecule has 1 N–H and O–H groups in total. The molecule has 94 valence electrons. The first kappa shape index (κ1) is 13.4. The van der Waals surface area contributed by atoms with E-state index in [1.54, 1.807) is 7.05 Å². The fourth-order valence-electron chi connectivity index (χ4n) is 1.73. The largest absolute Gasteiger partial charge is 0.345 e. The van der Waals surface area contributed by atoms with Crippen LogP contribution in [-0.4, -0.2) is 57.4 Å². The lowest BCUT2D eigenvalue weighted by atomic mass is 10.1. The number of nitrogens with zero attached hydrogens (tertiary/aromatic N) is 1. The number of rotatable bonds is 5. The molecule has 1 aliphatic rings. The van der Waals surface area contributed by atoms with E-state index in [2.05, 4.69) is 5.32 Å². The molecule has 1 aliphatic heterocycles. The summed E-state index contributed by atoms with van der Waals surface area (Å²) in [5, 5.41) is 3.25. The van der Waals surface area contributed by atoms with Crippen LogP contribution in [-0.2, 0) is 14.6 Å². The van der Waals surface area contributed by atoms with Crippen molar-refractivity contribution in [3.05, 3.63) is 0 Å². The van der Waals surface area contributed by atoms with E-state index in [0.717, 1.165) is 19.4 Å². The van der Waals surface area contributed by atoms with Gasteiger partial charge in [0.1, 0.15) is 9.84 Å². The van der Waals surface area contributed by atoms with E-state index in [9.17, 15) is 13.2 Å². The van der Waals surface area contributed by atoms with Gasteiger partial charge in [-0.1, -0.05) is 0 Å². The maximum absolute atomic E-state index is 11.7. The highest BCUT2D eigenvalue weighted by atomic mass is 32.2. The molecule has 16 heavy (non-hydrogen) atoms. The SMILES string of the molecule is CN(CCS(C)(=O)=O)C(=O)CC1CCCN1. The van der Waals surface area contributed by atoms with Gasteiger partial charge in [-0.15, -0.1) is 0 Å². The van der Waals surface area contributed by atoms with Crippen LogP contribution in [0.3, 0.4) is 0 Å². The molecular formula is C10H20N2O3S. The molecule has 0 aromatic heterocycles. The third kappa shape index (κ3) is 4.94. The molecule has 1 amide bonds. The highest BCUT2D eigenvalue weighted by Crippen LogP contribution is 2.09. The van der Waals surface area contributed by atoms with Crippen LogP contribution in [0.1, 0.15) is 19.3 Å². The maximum Gasteiger partial charge on any atom is 0.223 e. The molecule has 1 atom stereocenters. The normalized spacial score (nSPS) is 21.0. The molecular weight excluding hydrogens is 228 g/mol. The standard InChI is InChI=1S/C10H20N2O3S/c1-12(6-7-16(2,14)15)10(13)8-9-4-3-5-11-9/h9,11H,3-8H2,1-2H3. The van der Waals surface area contributed by atoms with Gasteiger partial charge in [-0.25, -0.2) is 8.42 Å². The molecule has 0 aromatic rings. The molecule has 1 saturated heterocycles. The third-order valence-corrected chi connectivity index (χ3v) is 3.73. The first-order valence-electron chi connectivity index (χ1n) is 5.53. The van der Waals surface area contributed by atoms with Gasteiger partial charge in [0.2, 0.25) is 5.91 Å². The highest BCUT2D eigenvalue weighted by Gasteiger charge is 2.20. The van der Waals surface area contributed by atoms with Gasteiger partial charge >= 0.3 is 0 Å². The van der Waals surface area contributed by atoms with Crippen molar-refractivity contribution in [2.75, 3.05) is 32.1 Å². The van der Waals surface area contributed by atoms with Crippen LogP contribution in [0.4, 0.5) is 0 Å². The molecule has 0 radical (unpaired) electrons. The maximum atomic E-state index is 11.7. The van der Waals surface area contributed by atoms with Crippen LogP contribution in [0.15, 0.2) is 0 Å². The molecule has 1 heterocycles. The molecule has 1 rings (SSSR count). The highest BCUT2D eigenvalue weighted by molar-refractivity contribution is 7.90. The van der Waals surface area contributed by atoms with Gasteiger partial charge in [0, 0.05) is 32.3 Å². The Hall–Kier alpha value is -0.620. The number of hydrogen-bond acceptors (Lipinski definition) is 4. The fraction of sp³-hybridized carbons (Fsp3) is 0.900. The zero-order valence-corrected chi connectivity index (χ0v) is 10.7. The second-order valence-electron chi connectivity index (χ2n) is 4.44. The monoisotopic (exact) mass is 248 g/mol. The molecule has 0 saturated carbocycles. The summed E-state index contributed by atoms with van der Waals surface area (Å²) in [4.78, 5) is 13.2. The van der Waals surface area contributed by atoms with Crippen LogP contribution in [0.2, 0.25) is 0 Å². The Labute approximate surface area is 97.1 Å². The number of hydrogen-bond donors (Lipinski definition) is 1. The van der Waals surface area contributed by atoms with Crippen molar-refractivity contribution in [1.29, 1.82) is 0 Å². The van der Waals surface area contributed by atoms with E-state index in [1.165, 1.54) is 11.2 Å². The van der Waals surface area contributed by atoms with Crippen LogP contribution in [0, 0.1) is 0 Å². The average molecular weight is 248 g/mol. The summed E-state index contributed by atoms with van der Waals surface area (Å²) >= 11 is 0. The summed E-state index contributed by atoms with van der Waals surface area (Å²) in [5.41, 5.74) is 0. The quantitative estimate of drug-likeness (QED) is 0.721. The Balaban J connectivity index is 2.29. The Morgan fingerprint density at radius 3 is 2.69 bits per heavy atom. The topological polar surface area (TPSA) is 66.5 Å². The van der Waals surface area contributed by atoms with Gasteiger partial charge in [-0.05, 0) is 19.4 Å². The van der Waals surface area contributed by atoms with Crippen molar-refractivity contribution in [2.45, 2.75) is 25.3 Å². The Morgan fingerprint density at radius 1 is 1.50 bits per heavy atom. The minimum Gasteiger partial charge on any atom is -0.345 e. The predicted molar refractivity (Wildman–Crippen MR) is 63.0 cm³/mol. The second kappa shape index (κ2) is 5.63. The van der Waals surface area contributed by atoms with Crippen molar-refractivity contribution < 1.29 is 13.2 Å².